The van der Waals surface area contributed by atoms with E-state index in [9.17, 15) is 18.0 Å². The van der Waals surface area contributed by atoms with E-state index in [0.717, 1.165) is 12.8 Å². The average Bonchev–Trinajstić information content (AvgIpc) is 3.15. The number of nitrogens with zero attached hydrogens (tertiary/aromatic N) is 2. The maximum Gasteiger partial charge on any atom is 0.303 e. The molecule has 1 aliphatic heterocycles. The Kier molecular flexibility index (Phi) is 5.66. The highest BCUT2D eigenvalue weighted by atomic mass is 32.2. The Morgan fingerprint density at radius 1 is 1.33 bits per heavy atom. The molecule has 0 saturated carbocycles. The standard InChI is InChI=1S/C15H22N2O6S/c1-11-13(24(21,22)17-8-3-4-9-17)10-12(23-11)15(20)16(2)7-5-6-14(18)19/h10H,3-9H2,1-2H3,(H,18,19). The Morgan fingerprint density at radius 2 is 1.96 bits per heavy atom. The van der Waals surface area contributed by atoms with Crippen LogP contribution in [0.4, 0.5) is 0 Å². The van der Waals surface area contributed by atoms with Crippen LogP contribution >= 0.6 is 0 Å². The molecule has 1 aromatic rings. The summed E-state index contributed by atoms with van der Waals surface area (Å²) in [5, 5.41) is 8.62. The summed E-state index contributed by atoms with van der Waals surface area (Å²) in [5.41, 5.74) is 0. The summed E-state index contributed by atoms with van der Waals surface area (Å²) in [6.07, 6.45) is 1.93. The van der Waals surface area contributed by atoms with Crippen LogP contribution in [0.2, 0.25) is 0 Å². The van der Waals surface area contributed by atoms with Gasteiger partial charge < -0.3 is 14.4 Å². The van der Waals surface area contributed by atoms with E-state index in [4.69, 9.17) is 9.52 Å². The summed E-state index contributed by atoms with van der Waals surface area (Å²) in [5.74, 6) is -1.26. The minimum absolute atomic E-state index is 0.0201. The second-order valence-electron chi connectivity index (χ2n) is 5.87. The normalized spacial score (nSPS) is 15.6. The lowest BCUT2D eigenvalue weighted by Gasteiger charge is -2.15. The Hall–Kier alpha value is -1.87. The molecule has 24 heavy (non-hydrogen) atoms. The third-order valence-corrected chi connectivity index (χ3v) is 6.00. The van der Waals surface area contributed by atoms with E-state index in [1.807, 2.05) is 0 Å². The van der Waals surface area contributed by atoms with Crippen molar-refractivity contribution in [2.24, 2.45) is 0 Å². The first-order valence-corrected chi connectivity index (χ1v) is 9.25. The van der Waals surface area contributed by atoms with Crippen LogP contribution in [-0.2, 0) is 14.8 Å². The Labute approximate surface area is 141 Å². The predicted octanol–water partition coefficient (Wildman–Crippen LogP) is 1.31. The van der Waals surface area contributed by atoms with E-state index in [0.29, 0.717) is 19.5 Å². The highest BCUT2D eigenvalue weighted by molar-refractivity contribution is 7.89. The zero-order chi connectivity index (χ0) is 17.9. The van der Waals surface area contributed by atoms with Gasteiger partial charge in [0.25, 0.3) is 5.91 Å². The topological polar surface area (TPSA) is 108 Å². The van der Waals surface area contributed by atoms with Gasteiger partial charge in [0.2, 0.25) is 10.0 Å². The highest BCUT2D eigenvalue weighted by Crippen LogP contribution is 2.26. The van der Waals surface area contributed by atoms with Gasteiger partial charge in [-0.15, -0.1) is 0 Å². The van der Waals surface area contributed by atoms with Crippen molar-refractivity contribution >= 4 is 21.9 Å². The number of rotatable bonds is 7. The predicted molar refractivity (Wildman–Crippen MR) is 85.3 cm³/mol. The van der Waals surface area contributed by atoms with Gasteiger partial charge in [0.05, 0.1) is 0 Å². The molecule has 134 valence electrons. The van der Waals surface area contributed by atoms with Crippen LogP contribution in [0.15, 0.2) is 15.4 Å². The first-order valence-electron chi connectivity index (χ1n) is 7.81. The fraction of sp³-hybridized carbons (Fsp3) is 0.600. The zero-order valence-electron chi connectivity index (χ0n) is 13.8. The number of carboxylic acid groups (broad SMARTS) is 1. The van der Waals surface area contributed by atoms with Crippen LogP contribution in [0, 0.1) is 6.92 Å². The number of furan rings is 1. The number of carboxylic acids is 1. The van der Waals surface area contributed by atoms with Crippen LogP contribution in [0.25, 0.3) is 0 Å². The molecule has 2 rings (SSSR count). The second-order valence-corrected chi connectivity index (χ2v) is 7.77. The third kappa shape index (κ3) is 3.96. The van der Waals surface area contributed by atoms with Crippen LogP contribution in [0.3, 0.4) is 0 Å². The Morgan fingerprint density at radius 3 is 2.54 bits per heavy atom. The van der Waals surface area contributed by atoms with Crippen LogP contribution in [0.1, 0.15) is 42.0 Å². The summed E-state index contributed by atoms with van der Waals surface area (Å²) >= 11 is 0. The average molecular weight is 358 g/mol. The summed E-state index contributed by atoms with van der Waals surface area (Å²) in [6, 6.07) is 1.26. The molecule has 0 atom stereocenters. The molecule has 8 nitrogen and oxygen atoms in total. The monoisotopic (exact) mass is 358 g/mol. The molecule has 1 aliphatic rings. The van der Waals surface area contributed by atoms with Gasteiger partial charge in [-0.1, -0.05) is 0 Å². The molecule has 1 fully saturated rings. The molecule has 0 radical (unpaired) electrons. The molecule has 0 aromatic carbocycles. The van der Waals surface area contributed by atoms with Gasteiger partial charge in [0, 0.05) is 39.2 Å². The van der Waals surface area contributed by atoms with Gasteiger partial charge in [0.15, 0.2) is 5.76 Å². The van der Waals surface area contributed by atoms with E-state index in [-0.39, 0.29) is 29.4 Å². The van der Waals surface area contributed by atoms with Gasteiger partial charge in [-0.25, -0.2) is 8.42 Å². The van der Waals surface area contributed by atoms with E-state index < -0.39 is 21.9 Å². The molecule has 1 amide bonds. The van der Waals surface area contributed by atoms with Crippen molar-refractivity contribution in [1.29, 1.82) is 0 Å². The lowest BCUT2D eigenvalue weighted by atomic mass is 10.3. The van der Waals surface area contributed by atoms with Gasteiger partial charge in [-0.2, -0.15) is 4.31 Å². The van der Waals surface area contributed by atoms with E-state index >= 15 is 0 Å². The molecule has 1 N–H and O–H groups in total. The first kappa shape index (κ1) is 18.5. The molecule has 0 spiro atoms. The van der Waals surface area contributed by atoms with Crippen LogP contribution in [0.5, 0.6) is 0 Å². The second kappa shape index (κ2) is 7.35. The lowest BCUT2D eigenvalue weighted by Crippen LogP contribution is -2.28. The largest absolute Gasteiger partial charge is 0.481 e. The summed E-state index contributed by atoms with van der Waals surface area (Å²) in [4.78, 5) is 24.2. The number of aryl methyl sites for hydroxylation is 1. The number of carbonyl (C=O) groups is 2. The van der Waals surface area contributed by atoms with Crippen molar-refractivity contribution in [3.8, 4) is 0 Å². The minimum atomic E-state index is -3.64. The van der Waals surface area contributed by atoms with Crippen LogP contribution in [-0.4, -0.2) is 61.3 Å². The lowest BCUT2D eigenvalue weighted by molar-refractivity contribution is -0.137. The molecule has 2 heterocycles. The molecular formula is C15H22N2O6S. The molecule has 1 saturated heterocycles. The molecule has 0 aliphatic carbocycles. The van der Waals surface area contributed by atoms with Crippen molar-refractivity contribution in [3.63, 3.8) is 0 Å². The summed E-state index contributed by atoms with van der Waals surface area (Å²) in [7, 11) is -2.12. The van der Waals surface area contributed by atoms with Gasteiger partial charge in [0.1, 0.15) is 10.7 Å². The highest BCUT2D eigenvalue weighted by Gasteiger charge is 2.32. The summed E-state index contributed by atoms with van der Waals surface area (Å²) < 4.78 is 31.9. The van der Waals surface area contributed by atoms with E-state index in [2.05, 4.69) is 0 Å². The van der Waals surface area contributed by atoms with Crippen molar-refractivity contribution in [1.82, 2.24) is 9.21 Å². The SMILES string of the molecule is Cc1oc(C(=O)N(C)CCCC(=O)O)cc1S(=O)(=O)N1CCCC1. The van der Waals surface area contributed by atoms with Gasteiger partial charge >= 0.3 is 5.97 Å². The van der Waals surface area contributed by atoms with E-state index in [1.165, 1.54) is 29.2 Å². The third-order valence-electron chi connectivity index (χ3n) is 4.00. The maximum atomic E-state index is 12.6. The van der Waals surface area contributed by atoms with Crippen LogP contribution < -0.4 is 0 Å². The number of hydrogen-bond donors (Lipinski definition) is 1. The Bertz CT molecular complexity index is 718. The first-order chi connectivity index (χ1) is 11.2. The molecule has 0 bridgehead atoms. The molecule has 0 unspecified atom stereocenters. The number of sulfonamides is 1. The maximum absolute atomic E-state index is 12.6. The number of carbonyl (C=O) groups excluding carboxylic acids is 1. The van der Waals surface area contributed by atoms with Crippen molar-refractivity contribution in [2.45, 2.75) is 37.5 Å². The number of amides is 1. The van der Waals surface area contributed by atoms with Crippen molar-refractivity contribution in [2.75, 3.05) is 26.7 Å². The van der Waals surface area contributed by atoms with E-state index in [1.54, 1.807) is 0 Å². The smallest absolute Gasteiger partial charge is 0.303 e. The molecular weight excluding hydrogens is 336 g/mol. The molecule has 9 heteroatoms. The number of hydrogen-bond acceptors (Lipinski definition) is 5. The molecule has 1 aromatic heterocycles. The zero-order valence-corrected chi connectivity index (χ0v) is 14.6. The quantitative estimate of drug-likeness (QED) is 0.787. The van der Waals surface area contributed by atoms with Gasteiger partial charge in [-0.3, -0.25) is 9.59 Å². The van der Waals surface area contributed by atoms with Crippen molar-refractivity contribution < 1.29 is 27.5 Å². The summed E-state index contributed by atoms with van der Waals surface area (Å²) in [6.45, 7) is 2.72. The van der Waals surface area contributed by atoms with Crippen molar-refractivity contribution in [3.05, 3.63) is 17.6 Å². The Balaban J connectivity index is 2.12. The number of aliphatic carboxylic acids is 1. The fourth-order valence-electron chi connectivity index (χ4n) is 2.65. The van der Waals surface area contributed by atoms with Gasteiger partial charge in [-0.05, 0) is 26.2 Å². The fourth-order valence-corrected chi connectivity index (χ4v) is 4.33. The minimum Gasteiger partial charge on any atom is -0.481 e.